The van der Waals surface area contributed by atoms with E-state index in [2.05, 4.69) is 11.7 Å². The number of esters is 1. The predicted octanol–water partition coefficient (Wildman–Crippen LogP) is 1.45. The van der Waals surface area contributed by atoms with E-state index in [0.29, 0.717) is 6.42 Å². The zero-order valence-corrected chi connectivity index (χ0v) is 7.01. The molecule has 3 heteroatoms. The number of aliphatic hydroxyl groups excluding tert-OH is 1. The van der Waals surface area contributed by atoms with Crippen molar-refractivity contribution >= 4 is 5.97 Å². The number of ether oxygens (including phenoxy) is 1. The molecule has 3 nitrogen and oxygen atoms in total. The Morgan fingerprint density at radius 1 is 1.36 bits per heavy atom. The molecular formula is C8H16O3. The molecule has 1 N–H and O–H groups in total. The van der Waals surface area contributed by atoms with E-state index in [4.69, 9.17) is 5.11 Å². The van der Waals surface area contributed by atoms with Crippen molar-refractivity contribution in [3.05, 3.63) is 0 Å². The molecule has 0 aromatic rings. The zero-order valence-electron chi connectivity index (χ0n) is 7.01. The van der Waals surface area contributed by atoms with E-state index in [0.717, 1.165) is 25.7 Å². The average molecular weight is 160 g/mol. The average Bonchev–Trinajstić information content (AvgIpc) is 1.99. The van der Waals surface area contributed by atoms with Gasteiger partial charge in [0.15, 0.2) is 6.79 Å². The SMILES string of the molecule is CCCCCCC(=O)OCO. The van der Waals surface area contributed by atoms with Crippen molar-refractivity contribution in [2.24, 2.45) is 0 Å². The van der Waals surface area contributed by atoms with Gasteiger partial charge in [0.25, 0.3) is 0 Å². The van der Waals surface area contributed by atoms with E-state index < -0.39 is 6.79 Å². The van der Waals surface area contributed by atoms with Crippen molar-refractivity contribution in [2.45, 2.75) is 39.0 Å². The summed E-state index contributed by atoms with van der Waals surface area (Å²) in [7, 11) is 0. The summed E-state index contributed by atoms with van der Waals surface area (Å²) in [4.78, 5) is 10.6. The van der Waals surface area contributed by atoms with Gasteiger partial charge in [0.05, 0.1) is 0 Å². The van der Waals surface area contributed by atoms with Crippen LogP contribution in [0.25, 0.3) is 0 Å². The Hall–Kier alpha value is -0.570. The van der Waals surface area contributed by atoms with Crippen LogP contribution >= 0.6 is 0 Å². The summed E-state index contributed by atoms with van der Waals surface area (Å²) >= 11 is 0. The summed E-state index contributed by atoms with van der Waals surface area (Å²) in [5.74, 6) is -0.302. The van der Waals surface area contributed by atoms with Crippen LogP contribution < -0.4 is 0 Å². The number of unbranched alkanes of at least 4 members (excludes halogenated alkanes) is 3. The summed E-state index contributed by atoms with van der Waals surface area (Å²) in [5.41, 5.74) is 0. The highest BCUT2D eigenvalue weighted by Crippen LogP contribution is 2.02. The van der Waals surface area contributed by atoms with Gasteiger partial charge in [0.2, 0.25) is 0 Å². The molecular weight excluding hydrogens is 144 g/mol. The first-order valence-electron chi connectivity index (χ1n) is 4.07. The standard InChI is InChI=1S/C8H16O3/c1-2-3-4-5-6-8(10)11-7-9/h9H,2-7H2,1H3. The maximum Gasteiger partial charge on any atom is 0.307 e. The molecule has 0 aliphatic rings. The van der Waals surface area contributed by atoms with Gasteiger partial charge < -0.3 is 9.84 Å². The number of carbonyl (C=O) groups is 1. The van der Waals surface area contributed by atoms with Crippen LogP contribution in [0.5, 0.6) is 0 Å². The van der Waals surface area contributed by atoms with E-state index >= 15 is 0 Å². The molecule has 0 bridgehead atoms. The first kappa shape index (κ1) is 10.4. The highest BCUT2D eigenvalue weighted by atomic mass is 16.6. The van der Waals surface area contributed by atoms with Crippen LogP contribution in [0.4, 0.5) is 0 Å². The number of hydrogen-bond acceptors (Lipinski definition) is 3. The molecule has 0 saturated heterocycles. The first-order chi connectivity index (χ1) is 5.31. The van der Waals surface area contributed by atoms with E-state index in [1.165, 1.54) is 0 Å². The highest BCUT2D eigenvalue weighted by molar-refractivity contribution is 5.69. The minimum Gasteiger partial charge on any atom is -0.439 e. The Morgan fingerprint density at radius 2 is 2.09 bits per heavy atom. The predicted molar refractivity (Wildman–Crippen MR) is 41.9 cm³/mol. The Labute approximate surface area is 67.4 Å². The van der Waals surface area contributed by atoms with Crippen LogP contribution in [0.15, 0.2) is 0 Å². The van der Waals surface area contributed by atoms with Gasteiger partial charge in [-0.25, -0.2) is 0 Å². The van der Waals surface area contributed by atoms with E-state index in [1.54, 1.807) is 0 Å². The molecule has 0 aliphatic heterocycles. The molecule has 11 heavy (non-hydrogen) atoms. The van der Waals surface area contributed by atoms with Crippen LogP contribution in [-0.2, 0) is 9.53 Å². The second-order valence-electron chi connectivity index (χ2n) is 2.46. The number of hydrogen-bond donors (Lipinski definition) is 1. The molecule has 0 saturated carbocycles. The molecule has 0 aromatic heterocycles. The molecule has 0 unspecified atom stereocenters. The second-order valence-corrected chi connectivity index (χ2v) is 2.46. The minimum atomic E-state index is -0.493. The molecule has 0 rings (SSSR count). The van der Waals surface area contributed by atoms with Gasteiger partial charge in [-0.2, -0.15) is 0 Å². The van der Waals surface area contributed by atoms with Gasteiger partial charge in [-0.15, -0.1) is 0 Å². The maximum atomic E-state index is 10.6. The minimum absolute atomic E-state index is 0.302. The van der Waals surface area contributed by atoms with Crippen molar-refractivity contribution in [2.75, 3.05) is 6.79 Å². The second kappa shape index (κ2) is 7.54. The van der Waals surface area contributed by atoms with Gasteiger partial charge in [-0.3, -0.25) is 4.79 Å². The third kappa shape index (κ3) is 7.33. The summed E-state index contributed by atoms with van der Waals surface area (Å²) in [6, 6.07) is 0. The van der Waals surface area contributed by atoms with Gasteiger partial charge in [0, 0.05) is 6.42 Å². The van der Waals surface area contributed by atoms with Crippen LogP contribution in [0.2, 0.25) is 0 Å². The fraction of sp³-hybridized carbons (Fsp3) is 0.875. The molecule has 0 aliphatic carbocycles. The van der Waals surface area contributed by atoms with Gasteiger partial charge in [-0.05, 0) is 6.42 Å². The van der Waals surface area contributed by atoms with Crippen LogP contribution in [-0.4, -0.2) is 17.9 Å². The van der Waals surface area contributed by atoms with E-state index in [-0.39, 0.29) is 5.97 Å². The van der Waals surface area contributed by atoms with Crippen molar-refractivity contribution in [1.29, 1.82) is 0 Å². The topological polar surface area (TPSA) is 46.5 Å². The Morgan fingerprint density at radius 3 is 2.64 bits per heavy atom. The summed E-state index contributed by atoms with van der Waals surface area (Å²) in [6.07, 6.45) is 4.69. The fourth-order valence-corrected chi connectivity index (χ4v) is 0.840. The largest absolute Gasteiger partial charge is 0.439 e. The Bertz CT molecular complexity index is 102. The monoisotopic (exact) mass is 160 g/mol. The first-order valence-corrected chi connectivity index (χ1v) is 4.07. The summed E-state index contributed by atoms with van der Waals surface area (Å²) in [5, 5.41) is 8.20. The van der Waals surface area contributed by atoms with Crippen LogP contribution in [0.1, 0.15) is 39.0 Å². The van der Waals surface area contributed by atoms with Crippen LogP contribution in [0, 0.1) is 0 Å². The number of carbonyl (C=O) groups excluding carboxylic acids is 1. The van der Waals surface area contributed by atoms with Gasteiger partial charge in [-0.1, -0.05) is 26.2 Å². The van der Waals surface area contributed by atoms with Crippen molar-refractivity contribution < 1.29 is 14.6 Å². The maximum absolute atomic E-state index is 10.6. The van der Waals surface area contributed by atoms with Crippen LogP contribution in [0.3, 0.4) is 0 Å². The Balaban J connectivity index is 3.04. The smallest absolute Gasteiger partial charge is 0.307 e. The van der Waals surface area contributed by atoms with E-state index in [9.17, 15) is 4.79 Å². The van der Waals surface area contributed by atoms with Crippen molar-refractivity contribution in [3.8, 4) is 0 Å². The molecule has 0 heterocycles. The summed E-state index contributed by atoms with van der Waals surface area (Å²) in [6.45, 7) is 1.62. The normalized spacial score (nSPS) is 9.64. The fourth-order valence-electron chi connectivity index (χ4n) is 0.840. The Kier molecular flexibility index (Phi) is 7.15. The third-order valence-corrected chi connectivity index (χ3v) is 1.46. The number of aliphatic hydroxyl groups is 1. The van der Waals surface area contributed by atoms with E-state index in [1.807, 2.05) is 0 Å². The lowest BCUT2D eigenvalue weighted by molar-refractivity contribution is -0.151. The molecule has 0 spiro atoms. The zero-order chi connectivity index (χ0) is 8.53. The lowest BCUT2D eigenvalue weighted by atomic mass is 10.2. The number of rotatable bonds is 6. The lowest BCUT2D eigenvalue weighted by Crippen LogP contribution is -2.04. The molecule has 0 atom stereocenters. The molecule has 0 aromatic carbocycles. The third-order valence-electron chi connectivity index (χ3n) is 1.46. The van der Waals surface area contributed by atoms with Crippen molar-refractivity contribution in [3.63, 3.8) is 0 Å². The van der Waals surface area contributed by atoms with Crippen molar-refractivity contribution in [1.82, 2.24) is 0 Å². The van der Waals surface area contributed by atoms with Gasteiger partial charge >= 0.3 is 5.97 Å². The summed E-state index contributed by atoms with van der Waals surface area (Å²) < 4.78 is 4.34. The molecule has 0 radical (unpaired) electrons. The molecule has 0 fully saturated rings. The van der Waals surface area contributed by atoms with Gasteiger partial charge in [0.1, 0.15) is 0 Å². The highest BCUT2D eigenvalue weighted by Gasteiger charge is 1.99. The quantitative estimate of drug-likeness (QED) is 0.363. The lowest BCUT2D eigenvalue weighted by Gasteiger charge is -1.99. The molecule has 66 valence electrons. The molecule has 0 amide bonds.